The molecule has 2 aromatic carbocycles. The lowest BCUT2D eigenvalue weighted by atomic mass is 9.87. The number of benzene rings is 2. The number of epoxide rings is 1. The summed E-state index contributed by atoms with van der Waals surface area (Å²) in [5.74, 6) is -2.10. The van der Waals surface area contributed by atoms with Crippen LogP contribution in [0.4, 0.5) is 8.78 Å². The van der Waals surface area contributed by atoms with E-state index in [1.807, 2.05) is 30.3 Å². The van der Waals surface area contributed by atoms with E-state index in [1.165, 1.54) is 19.1 Å². The molecule has 0 saturated carbocycles. The number of hydrogen-bond acceptors (Lipinski definition) is 1. The summed E-state index contributed by atoms with van der Waals surface area (Å²) < 4.78 is 32.5. The molecule has 3 rings (SSSR count). The molecule has 2 unspecified atom stereocenters. The van der Waals surface area contributed by atoms with Crippen molar-refractivity contribution in [2.45, 2.75) is 18.4 Å². The summed E-state index contributed by atoms with van der Waals surface area (Å²) >= 11 is 0. The fourth-order valence-electron chi connectivity index (χ4n) is 2.42. The van der Waals surface area contributed by atoms with Crippen LogP contribution in [-0.2, 0) is 10.3 Å². The standard InChI is InChI=1S/C15H12F2O/c1-14(17)15(18-14,11-5-3-2-4-6-11)12-7-9-13(16)10-8-12/h2-10H,1H3. The zero-order chi connectivity index (χ0) is 12.8. The van der Waals surface area contributed by atoms with Crippen molar-refractivity contribution < 1.29 is 13.5 Å². The van der Waals surface area contributed by atoms with E-state index in [1.54, 1.807) is 12.1 Å². The van der Waals surface area contributed by atoms with Crippen LogP contribution >= 0.6 is 0 Å². The van der Waals surface area contributed by atoms with Crippen molar-refractivity contribution in [3.05, 3.63) is 71.5 Å². The second-order valence-corrected chi connectivity index (χ2v) is 4.57. The van der Waals surface area contributed by atoms with Gasteiger partial charge < -0.3 is 4.74 Å². The smallest absolute Gasteiger partial charge is 0.245 e. The summed E-state index contributed by atoms with van der Waals surface area (Å²) in [5, 5.41) is 0. The summed E-state index contributed by atoms with van der Waals surface area (Å²) in [7, 11) is 0. The van der Waals surface area contributed by atoms with Crippen LogP contribution in [0.25, 0.3) is 0 Å². The highest BCUT2D eigenvalue weighted by Crippen LogP contribution is 2.60. The van der Waals surface area contributed by atoms with Crippen LogP contribution in [0.1, 0.15) is 18.1 Å². The first-order valence-corrected chi connectivity index (χ1v) is 5.77. The van der Waals surface area contributed by atoms with Gasteiger partial charge in [0.25, 0.3) is 0 Å². The van der Waals surface area contributed by atoms with Crippen molar-refractivity contribution >= 4 is 0 Å². The molecule has 0 aromatic heterocycles. The van der Waals surface area contributed by atoms with Gasteiger partial charge in [0.15, 0.2) is 5.60 Å². The van der Waals surface area contributed by atoms with Crippen LogP contribution in [0.2, 0.25) is 0 Å². The molecule has 0 N–H and O–H groups in total. The Bertz CT molecular complexity index is 563. The van der Waals surface area contributed by atoms with E-state index in [0.717, 1.165) is 5.56 Å². The quantitative estimate of drug-likeness (QED) is 0.734. The van der Waals surface area contributed by atoms with Crippen molar-refractivity contribution in [3.8, 4) is 0 Å². The maximum atomic E-state index is 14.3. The molecule has 0 aliphatic carbocycles. The Morgan fingerprint density at radius 2 is 1.39 bits per heavy atom. The van der Waals surface area contributed by atoms with E-state index < -0.39 is 11.5 Å². The molecule has 1 nitrogen and oxygen atoms in total. The molecule has 18 heavy (non-hydrogen) atoms. The number of hydrogen-bond donors (Lipinski definition) is 0. The lowest BCUT2D eigenvalue weighted by Crippen LogP contribution is -2.19. The van der Waals surface area contributed by atoms with E-state index in [-0.39, 0.29) is 5.82 Å². The van der Waals surface area contributed by atoms with Gasteiger partial charge in [-0.1, -0.05) is 42.5 Å². The van der Waals surface area contributed by atoms with Gasteiger partial charge in [-0.2, -0.15) is 0 Å². The first kappa shape index (κ1) is 11.4. The van der Waals surface area contributed by atoms with E-state index in [0.29, 0.717) is 5.56 Å². The molecule has 2 aromatic rings. The first-order chi connectivity index (χ1) is 8.56. The van der Waals surface area contributed by atoms with Crippen LogP contribution in [0.5, 0.6) is 0 Å². The molecule has 92 valence electrons. The lowest BCUT2D eigenvalue weighted by Gasteiger charge is -2.14. The molecule has 1 fully saturated rings. The van der Waals surface area contributed by atoms with Gasteiger partial charge in [-0.05, 0) is 30.2 Å². The van der Waals surface area contributed by atoms with Crippen molar-refractivity contribution in [2.75, 3.05) is 0 Å². The summed E-state index contributed by atoms with van der Waals surface area (Å²) in [6.07, 6.45) is 0. The zero-order valence-corrected chi connectivity index (χ0v) is 9.86. The normalized spacial score (nSPS) is 30.2. The van der Waals surface area contributed by atoms with E-state index >= 15 is 0 Å². The minimum Gasteiger partial charge on any atom is -0.321 e. The van der Waals surface area contributed by atoms with Gasteiger partial charge in [-0.3, -0.25) is 0 Å². The first-order valence-electron chi connectivity index (χ1n) is 5.77. The Morgan fingerprint density at radius 1 is 0.889 bits per heavy atom. The molecule has 0 radical (unpaired) electrons. The van der Waals surface area contributed by atoms with Crippen molar-refractivity contribution in [1.82, 2.24) is 0 Å². The molecule has 2 atom stereocenters. The van der Waals surface area contributed by atoms with Crippen LogP contribution in [0.15, 0.2) is 54.6 Å². The predicted molar refractivity (Wildman–Crippen MR) is 64.2 cm³/mol. The van der Waals surface area contributed by atoms with Gasteiger partial charge in [-0.25, -0.2) is 8.78 Å². The maximum absolute atomic E-state index is 14.3. The third-order valence-electron chi connectivity index (χ3n) is 3.36. The van der Waals surface area contributed by atoms with Gasteiger partial charge in [0.2, 0.25) is 5.85 Å². The molecule has 1 heterocycles. The van der Waals surface area contributed by atoms with Gasteiger partial charge in [0.05, 0.1) is 0 Å². The lowest BCUT2D eigenvalue weighted by molar-refractivity contribution is 0.161. The maximum Gasteiger partial charge on any atom is 0.245 e. The summed E-state index contributed by atoms with van der Waals surface area (Å²) in [6.45, 7) is 1.39. The Kier molecular flexibility index (Phi) is 2.29. The highest BCUT2D eigenvalue weighted by Gasteiger charge is 2.70. The monoisotopic (exact) mass is 246 g/mol. The Balaban J connectivity index is 2.13. The second-order valence-electron chi connectivity index (χ2n) is 4.57. The topological polar surface area (TPSA) is 12.5 Å². The minimum absolute atomic E-state index is 0.344. The highest BCUT2D eigenvalue weighted by atomic mass is 19.2. The molecule has 1 aliphatic rings. The summed E-state index contributed by atoms with van der Waals surface area (Å²) in [4.78, 5) is 0. The van der Waals surface area contributed by atoms with Crippen LogP contribution in [0.3, 0.4) is 0 Å². The number of ether oxygens (including phenoxy) is 1. The molecule has 1 saturated heterocycles. The summed E-state index contributed by atoms with van der Waals surface area (Å²) in [6, 6.07) is 14.9. The number of halogens is 2. The van der Waals surface area contributed by atoms with Gasteiger partial charge in [0.1, 0.15) is 5.82 Å². The van der Waals surface area contributed by atoms with E-state index in [4.69, 9.17) is 4.74 Å². The molecular formula is C15H12F2O. The largest absolute Gasteiger partial charge is 0.321 e. The van der Waals surface area contributed by atoms with Crippen molar-refractivity contribution in [3.63, 3.8) is 0 Å². The SMILES string of the molecule is CC1(F)OC1(c1ccccc1)c1ccc(F)cc1. The second kappa shape index (κ2) is 3.62. The zero-order valence-electron chi connectivity index (χ0n) is 9.86. The van der Waals surface area contributed by atoms with Crippen LogP contribution < -0.4 is 0 Å². The molecule has 3 heteroatoms. The molecule has 1 aliphatic heterocycles. The Labute approximate surface area is 104 Å². The van der Waals surface area contributed by atoms with Crippen LogP contribution in [0, 0.1) is 5.82 Å². The number of alkyl halides is 1. The van der Waals surface area contributed by atoms with E-state index in [2.05, 4.69) is 0 Å². The Morgan fingerprint density at radius 3 is 1.89 bits per heavy atom. The highest BCUT2D eigenvalue weighted by molar-refractivity contribution is 5.44. The van der Waals surface area contributed by atoms with Gasteiger partial charge in [-0.15, -0.1) is 0 Å². The molecule has 0 spiro atoms. The van der Waals surface area contributed by atoms with Gasteiger partial charge >= 0.3 is 0 Å². The number of rotatable bonds is 2. The average molecular weight is 246 g/mol. The third kappa shape index (κ3) is 1.47. The van der Waals surface area contributed by atoms with Crippen molar-refractivity contribution in [2.24, 2.45) is 0 Å². The fraction of sp³-hybridized carbons (Fsp3) is 0.200. The minimum atomic E-state index is -1.76. The van der Waals surface area contributed by atoms with Crippen LogP contribution in [-0.4, -0.2) is 5.85 Å². The molecule has 0 amide bonds. The molecular weight excluding hydrogens is 234 g/mol. The fourth-order valence-corrected chi connectivity index (χ4v) is 2.42. The molecule has 0 bridgehead atoms. The third-order valence-corrected chi connectivity index (χ3v) is 3.36. The Hall–Kier alpha value is -1.74. The predicted octanol–water partition coefficient (Wildman–Crippen LogP) is 3.79. The van der Waals surface area contributed by atoms with E-state index in [9.17, 15) is 8.78 Å². The average Bonchev–Trinajstić information content (AvgIpc) is 2.96. The van der Waals surface area contributed by atoms with Gasteiger partial charge in [0, 0.05) is 0 Å². The summed E-state index contributed by atoms with van der Waals surface area (Å²) in [5.41, 5.74) is 0.254. The van der Waals surface area contributed by atoms with Crippen molar-refractivity contribution in [1.29, 1.82) is 0 Å².